The Morgan fingerprint density at radius 1 is 0.967 bits per heavy atom. The van der Waals surface area contributed by atoms with Gasteiger partial charge in [0.1, 0.15) is 0 Å². The number of rotatable bonds is 2. The summed E-state index contributed by atoms with van der Waals surface area (Å²) in [5.74, 6) is -0.238. The summed E-state index contributed by atoms with van der Waals surface area (Å²) in [6.07, 6.45) is 0. The van der Waals surface area contributed by atoms with Gasteiger partial charge in [-0.25, -0.2) is 4.99 Å². The summed E-state index contributed by atoms with van der Waals surface area (Å²) in [6, 6.07) is 23.1. The van der Waals surface area contributed by atoms with Crippen LogP contribution in [0, 0.1) is 6.92 Å². The molecule has 2 aliphatic rings. The number of benzene rings is 3. The van der Waals surface area contributed by atoms with Crippen molar-refractivity contribution in [3.8, 4) is 0 Å². The first-order valence-corrected chi connectivity index (χ1v) is 10.1. The van der Waals surface area contributed by atoms with Crippen molar-refractivity contribution in [1.82, 2.24) is 0 Å². The molecule has 1 N–H and O–H groups in total. The van der Waals surface area contributed by atoms with Crippen molar-refractivity contribution in [2.24, 2.45) is 10.1 Å². The monoisotopic (exact) mass is 414 g/mol. The molecule has 0 bridgehead atoms. The third-order valence-electron chi connectivity index (χ3n) is 5.43. The van der Waals surface area contributed by atoms with Crippen LogP contribution in [0.25, 0.3) is 0 Å². The molecule has 5 rings (SSSR count). The third-order valence-corrected chi connectivity index (χ3v) is 5.67. The molecule has 0 radical (unpaired) electrons. The van der Waals surface area contributed by atoms with Crippen LogP contribution in [-0.2, 0) is 4.79 Å². The normalized spacial score (nSPS) is 20.0. The Hall–Kier alpha value is -3.44. The molecule has 0 saturated heterocycles. The lowest BCUT2D eigenvalue weighted by Crippen LogP contribution is -2.53. The SMILES string of the molecule is CC1=NN(c2ccc(C)cc2)C(=O)C12N=C(c1ccccc1)c1cc(Cl)ccc1N2. The Morgan fingerprint density at radius 3 is 2.43 bits per heavy atom. The molecule has 0 aliphatic carbocycles. The molecule has 3 aromatic rings. The number of hydrazone groups is 1. The van der Waals surface area contributed by atoms with E-state index in [1.165, 1.54) is 5.01 Å². The first-order chi connectivity index (χ1) is 14.5. The second-order valence-electron chi connectivity index (χ2n) is 7.49. The van der Waals surface area contributed by atoms with Crippen LogP contribution in [0.2, 0.25) is 5.02 Å². The predicted octanol–water partition coefficient (Wildman–Crippen LogP) is 5.03. The van der Waals surface area contributed by atoms with Crippen LogP contribution in [-0.4, -0.2) is 23.0 Å². The molecule has 2 heterocycles. The summed E-state index contributed by atoms with van der Waals surface area (Å²) >= 11 is 6.27. The van der Waals surface area contributed by atoms with E-state index < -0.39 is 5.66 Å². The van der Waals surface area contributed by atoms with Gasteiger partial charge in [-0.1, -0.05) is 59.6 Å². The standard InChI is InChI=1S/C24H19ClN4O/c1-15-8-11-19(12-9-15)29-23(30)24(16(2)28-29)26-21-13-10-18(25)14-20(21)22(27-24)17-6-4-3-5-7-17/h3-14,26H,1-2H3. The van der Waals surface area contributed by atoms with Gasteiger partial charge in [-0.3, -0.25) is 4.79 Å². The number of hydrogen-bond acceptors (Lipinski definition) is 4. The maximum atomic E-state index is 13.6. The number of aryl methyl sites for hydroxylation is 1. The smallest absolute Gasteiger partial charge is 0.302 e. The highest BCUT2D eigenvalue weighted by Gasteiger charge is 2.52. The summed E-state index contributed by atoms with van der Waals surface area (Å²) in [5.41, 5.74) is 4.39. The fraction of sp³-hybridized carbons (Fsp3) is 0.125. The summed E-state index contributed by atoms with van der Waals surface area (Å²) in [5, 5.41) is 9.95. The molecular formula is C24H19ClN4O. The molecule has 0 aromatic heterocycles. The average Bonchev–Trinajstić information content (AvgIpc) is 2.99. The number of halogens is 1. The number of anilines is 2. The molecule has 1 atom stereocenters. The van der Waals surface area contributed by atoms with Crippen molar-refractivity contribution in [3.05, 3.63) is 94.5 Å². The van der Waals surface area contributed by atoms with Crippen LogP contribution in [0.3, 0.4) is 0 Å². The van der Waals surface area contributed by atoms with Crippen LogP contribution in [0.4, 0.5) is 11.4 Å². The van der Waals surface area contributed by atoms with Gasteiger partial charge in [0.2, 0.25) is 0 Å². The number of nitrogens with one attached hydrogen (secondary N) is 1. The van der Waals surface area contributed by atoms with Crippen molar-refractivity contribution in [1.29, 1.82) is 0 Å². The van der Waals surface area contributed by atoms with Gasteiger partial charge >= 0.3 is 5.91 Å². The quantitative estimate of drug-likeness (QED) is 0.639. The van der Waals surface area contributed by atoms with Crippen LogP contribution in [0.5, 0.6) is 0 Å². The number of aliphatic imine (C=N–C) groups is 1. The van der Waals surface area contributed by atoms with Crippen LogP contribution < -0.4 is 10.3 Å². The van der Waals surface area contributed by atoms with E-state index in [-0.39, 0.29) is 5.91 Å². The van der Waals surface area contributed by atoms with Crippen molar-refractivity contribution < 1.29 is 4.79 Å². The van der Waals surface area contributed by atoms with E-state index in [1.807, 2.05) is 80.6 Å². The zero-order chi connectivity index (χ0) is 20.9. The molecule has 0 saturated carbocycles. The van der Waals surface area contributed by atoms with Gasteiger partial charge in [-0.05, 0) is 44.2 Å². The maximum absolute atomic E-state index is 13.6. The summed E-state index contributed by atoms with van der Waals surface area (Å²) < 4.78 is 0. The van der Waals surface area contributed by atoms with Gasteiger partial charge in [-0.15, -0.1) is 0 Å². The number of nitrogens with zero attached hydrogens (tertiary/aromatic N) is 3. The van der Waals surface area contributed by atoms with Gasteiger partial charge in [-0.2, -0.15) is 10.1 Å². The first kappa shape index (κ1) is 18.6. The lowest BCUT2D eigenvalue weighted by Gasteiger charge is -2.33. The van der Waals surface area contributed by atoms with Gasteiger partial charge in [0.15, 0.2) is 0 Å². The lowest BCUT2D eigenvalue weighted by molar-refractivity contribution is -0.120. The van der Waals surface area contributed by atoms with Crippen LogP contribution in [0.15, 0.2) is 82.9 Å². The Kier molecular flexibility index (Phi) is 4.22. The zero-order valence-corrected chi connectivity index (χ0v) is 17.3. The van der Waals surface area contributed by atoms with Crippen LogP contribution >= 0.6 is 11.6 Å². The highest BCUT2D eigenvalue weighted by Crippen LogP contribution is 2.37. The van der Waals surface area contributed by atoms with Crippen molar-refractivity contribution in [2.75, 3.05) is 10.3 Å². The van der Waals surface area contributed by atoms with Crippen molar-refractivity contribution >= 4 is 40.3 Å². The fourth-order valence-electron chi connectivity index (χ4n) is 3.80. The molecule has 3 aromatic carbocycles. The van der Waals surface area contributed by atoms with E-state index in [9.17, 15) is 4.79 Å². The maximum Gasteiger partial charge on any atom is 0.302 e. The Bertz CT molecular complexity index is 1220. The topological polar surface area (TPSA) is 57.1 Å². The summed E-state index contributed by atoms with van der Waals surface area (Å²) in [7, 11) is 0. The minimum absolute atomic E-state index is 0.238. The van der Waals surface area contributed by atoms with Gasteiger partial charge in [0.05, 0.1) is 17.1 Å². The lowest BCUT2D eigenvalue weighted by atomic mass is 9.93. The largest absolute Gasteiger partial charge is 0.348 e. The minimum atomic E-state index is -1.29. The Labute approximate surface area is 179 Å². The Morgan fingerprint density at radius 2 is 1.70 bits per heavy atom. The molecular weight excluding hydrogens is 396 g/mol. The van der Waals surface area contributed by atoms with Gasteiger partial charge in [0.25, 0.3) is 5.66 Å². The van der Waals surface area contributed by atoms with Gasteiger partial charge in [0, 0.05) is 21.8 Å². The number of fused-ring (bicyclic) bond motifs is 1. The number of carbonyl (C=O) groups excluding carboxylic acids is 1. The molecule has 5 nitrogen and oxygen atoms in total. The average molecular weight is 415 g/mol. The molecule has 1 unspecified atom stereocenters. The molecule has 0 fully saturated rings. The zero-order valence-electron chi connectivity index (χ0n) is 16.6. The molecule has 30 heavy (non-hydrogen) atoms. The number of amides is 1. The van der Waals surface area contributed by atoms with E-state index in [4.69, 9.17) is 16.6 Å². The second kappa shape index (κ2) is 6.82. The molecule has 2 aliphatic heterocycles. The van der Waals surface area contributed by atoms with Gasteiger partial charge < -0.3 is 5.32 Å². The van der Waals surface area contributed by atoms with E-state index in [0.717, 1.165) is 22.4 Å². The predicted molar refractivity (Wildman–Crippen MR) is 122 cm³/mol. The van der Waals surface area contributed by atoms with Crippen molar-refractivity contribution in [2.45, 2.75) is 19.5 Å². The highest BCUT2D eigenvalue weighted by molar-refractivity contribution is 6.33. The molecule has 6 heteroatoms. The molecule has 1 spiro atoms. The number of hydrogen-bond donors (Lipinski definition) is 1. The summed E-state index contributed by atoms with van der Waals surface area (Å²) in [4.78, 5) is 18.6. The minimum Gasteiger partial charge on any atom is -0.348 e. The summed E-state index contributed by atoms with van der Waals surface area (Å²) in [6.45, 7) is 3.83. The third kappa shape index (κ3) is 2.82. The number of carbonyl (C=O) groups is 1. The molecule has 148 valence electrons. The fourth-order valence-corrected chi connectivity index (χ4v) is 3.97. The first-order valence-electron chi connectivity index (χ1n) is 9.68. The highest BCUT2D eigenvalue weighted by atomic mass is 35.5. The van der Waals surface area contributed by atoms with E-state index in [1.54, 1.807) is 6.07 Å². The van der Waals surface area contributed by atoms with E-state index in [2.05, 4.69) is 10.4 Å². The van der Waals surface area contributed by atoms with Crippen LogP contribution in [0.1, 0.15) is 23.6 Å². The molecule has 1 amide bonds. The van der Waals surface area contributed by atoms with E-state index in [0.29, 0.717) is 22.1 Å². The van der Waals surface area contributed by atoms with Crippen molar-refractivity contribution in [3.63, 3.8) is 0 Å². The van der Waals surface area contributed by atoms with E-state index >= 15 is 0 Å². The Balaban J connectivity index is 1.67. The second-order valence-corrected chi connectivity index (χ2v) is 7.93.